The number of carbonyl (C=O) groups excluding carboxylic acids is 1. The first-order valence-corrected chi connectivity index (χ1v) is 8.07. The average molecular weight is 311 g/mol. The van der Waals surface area contributed by atoms with E-state index in [0.717, 1.165) is 36.4 Å². The average Bonchev–Trinajstić information content (AvgIpc) is 2.56. The topological polar surface area (TPSA) is 58.4 Å². The van der Waals surface area contributed by atoms with Crippen molar-refractivity contribution in [3.8, 4) is 0 Å². The fourth-order valence-corrected chi connectivity index (χ4v) is 2.53. The first-order chi connectivity index (χ1) is 11.0. The van der Waals surface area contributed by atoms with Crippen LogP contribution in [0.5, 0.6) is 0 Å². The smallest absolute Gasteiger partial charge is 0.255 e. The number of nitrogens with two attached hydrogens (primary N) is 1. The molecular weight excluding hydrogens is 286 g/mol. The minimum atomic E-state index is -0.121. The standard InChI is InChI=1S/C19H25N3O/c1-4-12-22(5-2)17-10-7-15(8-11-17)19(23)21-18-13-16(20)9-6-14(18)3/h6-11,13H,4-5,12,20H2,1-3H3,(H,21,23). The largest absolute Gasteiger partial charge is 0.399 e. The van der Waals surface area contributed by atoms with E-state index in [9.17, 15) is 4.79 Å². The van der Waals surface area contributed by atoms with Gasteiger partial charge in [0, 0.05) is 35.7 Å². The second-order valence-electron chi connectivity index (χ2n) is 5.66. The lowest BCUT2D eigenvalue weighted by Gasteiger charge is -2.22. The number of benzene rings is 2. The highest BCUT2D eigenvalue weighted by atomic mass is 16.1. The molecule has 0 aliphatic carbocycles. The Kier molecular flexibility index (Phi) is 5.63. The normalized spacial score (nSPS) is 10.4. The summed E-state index contributed by atoms with van der Waals surface area (Å²) < 4.78 is 0. The fourth-order valence-electron chi connectivity index (χ4n) is 2.53. The van der Waals surface area contributed by atoms with E-state index >= 15 is 0 Å². The van der Waals surface area contributed by atoms with Gasteiger partial charge in [0.1, 0.15) is 0 Å². The number of rotatable bonds is 6. The number of carbonyl (C=O) groups is 1. The Balaban J connectivity index is 2.12. The summed E-state index contributed by atoms with van der Waals surface area (Å²) in [5.41, 5.74) is 9.95. The van der Waals surface area contributed by atoms with Crippen LogP contribution < -0.4 is 16.0 Å². The van der Waals surface area contributed by atoms with Gasteiger partial charge in [0.2, 0.25) is 0 Å². The van der Waals surface area contributed by atoms with Crippen LogP contribution >= 0.6 is 0 Å². The molecule has 0 spiro atoms. The van der Waals surface area contributed by atoms with Crippen molar-refractivity contribution < 1.29 is 4.79 Å². The van der Waals surface area contributed by atoms with E-state index in [1.54, 1.807) is 6.07 Å². The highest BCUT2D eigenvalue weighted by Gasteiger charge is 2.09. The number of aryl methyl sites for hydroxylation is 1. The summed E-state index contributed by atoms with van der Waals surface area (Å²) in [7, 11) is 0. The Hall–Kier alpha value is -2.49. The van der Waals surface area contributed by atoms with Crippen molar-refractivity contribution >= 4 is 23.0 Å². The van der Waals surface area contributed by atoms with Gasteiger partial charge in [-0.1, -0.05) is 13.0 Å². The minimum absolute atomic E-state index is 0.121. The molecule has 0 heterocycles. The second kappa shape index (κ2) is 7.68. The highest BCUT2D eigenvalue weighted by molar-refractivity contribution is 6.05. The van der Waals surface area contributed by atoms with Gasteiger partial charge in [0.25, 0.3) is 5.91 Å². The lowest BCUT2D eigenvalue weighted by atomic mass is 10.1. The number of hydrogen-bond donors (Lipinski definition) is 2. The predicted octanol–water partition coefficient (Wildman–Crippen LogP) is 4.07. The molecule has 0 atom stereocenters. The number of amides is 1. The molecular formula is C19H25N3O. The molecule has 0 aliphatic rings. The third kappa shape index (κ3) is 4.25. The first kappa shape index (κ1) is 16.9. The SMILES string of the molecule is CCCN(CC)c1ccc(C(=O)Nc2cc(N)ccc2C)cc1. The van der Waals surface area contributed by atoms with Crippen molar-refractivity contribution in [1.29, 1.82) is 0 Å². The van der Waals surface area contributed by atoms with Gasteiger partial charge in [-0.15, -0.1) is 0 Å². The van der Waals surface area contributed by atoms with Crippen molar-refractivity contribution in [2.24, 2.45) is 0 Å². The van der Waals surface area contributed by atoms with Crippen LogP contribution in [0.1, 0.15) is 36.2 Å². The molecule has 0 fully saturated rings. The summed E-state index contributed by atoms with van der Waals surface area (Å²) in [6.45, 7) is 8.23. The van der Waals surface area contributed by atoms with Gasteiger partial charge in [-0.2, -0.15) is 0 Å². The van der Waals surface area contributed by atoms with Crippen LogP contribution in [0, 0.1) is 6.92 Å². The monoisotopic (exact) mass is 311 g/mol. The first-order valence-electron chi connectivity index (χ1n) is 8.07. The van der Waals surface area contributed by atoms with Gasteiger partial charge in [-0.25, -0.2) is 0 Å². The maximum Gasteiger partial charge on any atom is 0.255 e. The Morgan fingerprint density at radius 3 is 2.43 bits per heavy atom. The van der Waals surface area contributed by atoms with Crippen molar-refractivity contribution in [3.63, 3.8) is 0 Å². The zero-order chi connectivity index (χ0) is 16.8. The molecule has 122 valence electrons. The Morgan fingerprint density at radius 2 is 1.83 bits per heavy atom. The van der Waals surface area contributed by atoms with Crippen molar-refractivity contribution in [1.82, 2.24) is 0 Å². The molecule has 4 heteroatoms. The van der Waals surface area contributed by atoms with Crippen molar-refractivity contribution in [2.75, 3.05) is 29.0 Å². The fraction of sp³-hybridized carbons (Fsp3) is 0.316. The quantitative estimate of drug-likeness (QED) is 0.791. The number of hydrogen-bond acceptors (Lipinski definition) is 3. The van der Waals surface area contributed by atoms with E-state index in [1.165, 1.54) is 0 Å². The molecule has 0 aromatic heterocycles. The molecule has 3 N–H and O–H groups in total. The van der Waals surface area contributed by atoms with Gasteiger partial charge in [-0.05, 0) is 62.2 Å². The third-order valence-corrected chi connectivity index (χ3v) is 3.88. The van der Waals surface area contributed by atoms with E-state index in [0.29, 0.717) is 11.3 Å². The van der Waals surface area contributed by atoms with Gasteiger partial charge in [0.05, 0.1) is 0 Å². The van der Waals surface area contributed by atoms with Crippen LogP contribution in [0.2, 0.25) is 0 Å². The van der Waals surface area contributed by atoms with Crippen LogP contribution in [0.15, 0.2) is 42.5 Å². The summed E-state index contributed by atoms with van der Waals surface area (Å²) in [5.74, 6) is -0.121. The van der Waals surface area contributed by atoms with Crippen LogP contribution in [0.3, 0.4) is 0 Å². The third-order valence-electron chi connectivity index (χ3n) is 3.88. The van der Waals surface area contributed by atoms with Gasteiger partial charge in [-0.3, -0.25) is 4.79 Å². The zero-order valence-electron chi connectivity index (χ0n) is 14.1. The van der Waals surface area contributed by atoms with Crippen LogP contribution in [-0.4, -0.2) is 19.0 Å². The number of nitrogens with one attached hydrogen (secondary N) is 1. The molecule has 0 aliphatic heterocycles. The maximum absolute atomic E-state index is 12.4. The molecule has 0 bridgehead atoms. The van der Waals surface area contributed by atoms with E-state index in [1.807, 2.05) is 43.3 Å². The van der Waals surface area contributed by atoms with Crippen molar-refractivity contribution in [2.45, 2.75) is 27.2 Å². The maximum atomic E-state index is 12.4. The number of nitrogens with zero attached hydrogens (tertiary/aromatic N) is 1. The van der Waals surface area contributed by atoms with Crippen LogP contribution in [0.4, 0.5) is 17.1 Å². The molecule has 0 radical (unpaired) electrons. The van der Waals surface area contributed by atoms with Crippen LogP contribution in [-0.2, 0) is 0 Å². The predicted molar refractivity (Wildman–Crippen MR) is 98.2 cm³/mol. The molecule has 2 aromatic carbocycles. The molecule has 0 unspecified atom stereocenters. The molecule has 0 saturated carbocycles. The van der Waals surface area contributed by atoms with Crippen LogP contribution in [0.25, 0.3) is 0 Å². The van der Waals surface area contributed by atoms with Gasteiger partial charge >= 0.3 is 0 Å². The van der Waals surface area contributed by atoms with E-state index < -0.39 is 0 Å². The number of nitrogen functional groups attached to an aromatic ring is 1. The summed E-state index contributed by atoms with van der Waals surface area (Å²) in [5, 5.41) is 2.92. The molecule has 2 rings (SSSR count). The molecule has 4 nitrogen and oxygen atoms in total. The molecule has 1 amide bonds. The van der Waals surface area contributed by atoms with E-state index in [2.05, 4.69) is 24.1 Å². The Morgan fingerprint density at radius 1 is 1.13 bits per heavy atom. The zero-order valence-corrected chi connectivity index (χ0v) is 14.1. The van der Waals surface area contributed by atoms with Gasteiger partial charge in [0.15, 0.2) is 0 Å². The molecule has 0 saturated heterocycles. The lowest BCUT2D eigenvalue weighted by Crippen LogP contribution is -2.23. The Labute approximate surface area is 138 Å². The van der Waals surface area contributed by atoms with Crippen molar-refractivity contribution in [3.05, 3.63) is 53.6 Å². The van der Waals surface area contributed by atoms with Gasteiger partial charge < -0.3 is 16.0 Å². The summed E-state index contributed by atoms with van der Waals surface area (Å²) in [4.78, 5) is 14.7. The number of anilines is 3. The lowest BCUT2D eigenvalue weighted by molar-refractivity contribution is 0.102. The van der Waals surface area contributed by atoms with E-state index in [4.69, 9.17) is 5.73 Å². The summed E-state index contributed by atoms with van der Waals surface area (Å²) in [6.07, 6.45) is 1.10. The Bertz CT molecular complexity index is 665. The summed E-state index contributed by atoms with van der Waals surface area (Å²) in [6, 6.07) is 13.2. The minimum Gasteiger partial charge on any atom is -0.399 e. The second-order valence-corrected chi connectivity index (χ2v) is 5.66. The highest BCUT2D eigenvalue weighted by Crippen LogP contribution is 2.20. The molecule has 23 heavy (non-hydrogen) atoms. The molecule has 2 aromatic rings. The summed E-state index contributed by atoms with van der Waals surface area (Å²) >= 11 is 0. The van der Waals surface area contributed by atoms with E-state index in [-0.39, 0.29) is 5.91 Å².